The summed E-state index contributed by atoms with van der Waals surface area (Å²) in [6.07, 6.45) is 5.00. The molecular formula is C9H20N2. The summed E-state index contributed by atoms with van der Waals surface area (Å²) in [4.78, 5) is 2.33. The van der Waals surface area contributed by atoms with Crippen molar-refractivity contribution in [1.29, 1.82) is 0 Å². The predicted molar refractivity (Wildman–Crippen MR) is 48.6 cm³/mol. The molecule has 0 unspecified atom stereocenters. The zero-order valence-electron chi connectivity index (χ0n) is 7.77. The van der Waals surface area contributed by atoms with Gasteiger partial charge in [-0.1, -0.05) is 6.92 Å². The molecule has 0 atom stereocenters. The van der Waals surface area contributed by atoms with Crippen LogP contribution < -0.4 is 5.73 Å². The Kier molecular flexibility index (Phi) is 2.90. The second-order valence-corrected chi connectivity index (χ2v) is 3.86. The highest BCUT2D eigenvalue weighted by atomic mass is 15.1. The van der Waals surface area contributed by atoms with Gasteiger partial charge in [0.2, 0.25) is 0 Å². The van der Waals surface area contributed by atoms with Crippen molar-refractivity contribution in [1.82, 2.24) is 4.90 Å². The van der Waals surface area contributed by atoms with Crippen molar-refractivity contribution in [2.24, 2.45) is 5.73 Å². The topological polar surface area (TPSA) is 29.3 Å². The molecule has 2 N–H and O–H groups in total. The van der Waals surface area contributed by atoms with Crippen LogP contribution in [0.4, 0.5) is 0 Å². The van der Waals surface area contributed by atoms with E-state index in [0.29, 0.717) is 0 Å². The Balaban J connectivity index is 2.11. The van der Waals surface area contributed by atoms with Crippen molar-refractivity contribution in [2.45, 2.75) is 38.1 Å². The minimum atomic E-state index is 0.212. The van der Waals surface area contributed by atoms with Gasteiger partial charge in [-0.05, 0) is 45.8 Å². The highest BCUT2D eigenvalue weighted by Crippen LogP contribution is 2.31. The maximum absolute atomic E-state index is 6.08. The molecule has 0 heterocycles. The smallest absolute Gasteiger partial charge is 0.0166 e. The number of hydrogen-bond acceptors (Lipinski definition) is 2. The van der Waals surface area contributed by atoms with E-state index in [0.717, 1.165) is 13.1 Å². The normalized spacial score (nSPS) is 21.8. The van der Waals surface area contributed by atoms with E-state index < -0.39 is 0 Å². The van der Waals surface area contributed by atoms with Gasteiger partial charge in [0.05, 0.1) is 0 Å². The number of hydrogen-bond donors (Lipinski definition) is 1. The van der Waals surface area contributed by atoms with Gasteiger partial charge in [-0.25, -0.2) is 0 Å². The molecular weight excluding hydrogens is 136 g/mol. The molecule has 0 spiro atoms. The lowest BCUT2D eigenvalue weighted by Gasteiger charge is -2.39. The van der Waals surface area contributed by atoms with Crippen LogP contribution in [0.15, 0.2) is 0 Å². The maximum atomic E-state index is 6.08. The third-order valence-corrected chi connectivity index (χ3v) is 2.88. The van der Waals surface area contributed by atoms with Gasteiger partial charge in [0.25, 0.3) is 0 Å². The SMILES string of the molecule is CCN(C)CCC1(N)CCC1. The van der Waals surface area contributed by atoms with Crippen LogP contribution in [-0.2, 0) is 0 Å². The second kappa shape index (κ2) is 3.55. The van der Waals surface area contributed by atoms with E-state index in [-0.39, 0.29) is 5.54 Å². The average molecular weight is 156 g/mol. The summed E-state index contributed by atoms with van der Waals surface area (Å²) in [5, 5.41) is 0. The van der Waals surface area contributed by atoms with Gasteiger partial charge >= 0.3 is 0 Å². The summed E-state index contributed by atoms with van der Waals surface area (Å²) < 4.78 is 0. The highest BCUT2D eigenvalue weighted by molar-refractivity contribution is 4.92. The van der Waals surface area contributed by atoms with Crippen molar-refractivity contribution in [3.05, 3.63) is 0 Å². The molecule has 1 aliphatic carbocycles. The molecule has 0 aromatic carbocycles. The fraction of sp³-hybridized carbons (Fsp3) is 1.00. The molecule has 2 heteroatoms. The molecule has 1 fully saturated rings. The minimum Gasteiger partial charge on any atom is -0.325 e. The van der Waals surface area contributed by atoms with E-state index in [1.54, 1.807) is 0 Å². The van der Waals surface area contributed by atoms with Crippen LogP contribution in [-0.4, -0.2) is 30.6 Å². The first-order valence-corrected chi connectivity index (χ1v) is 4.64. The molecule has 66 valence electrons. The molecule has 0 aromatic heterocycles. The first-order valence-electron chi connectivity index (χ1n) is 4.64. The summed E-state index contributed by atoms with van der Waals surface area (Å²) >= 11 is 0. The lowest BCUT2D eigenvalue weighted by molar-refractivity contribution is 0.199. The first-order chi connectivity index (χ1) is 5.16. The van der Waals surface area contributed by atoms with Crippen molar-refractivity contribution >= 4 is 0 Å². The monoisotopic (exact) mass is 156 g/mol. The first kappa shape index (κ1) is 9.01. The molecule has 0 aliphatic heterocycles. The van der Waals surface area contributed by atoms with E-state index in [2.05, 4.69) is 18.9 Å². The number of nitrogens with zero attached hydrogens (tertiary/aromatic N) is 1. The van der Waals surface area contributed by atoms with E-state index in [4.69, 9.17) is 5.73 Å². The Labute approximate surface area is 69.8 Å². The largest absolute Gasteiger partial charge is 0.325 e. The standard InChI is InChI=1S/C9H20N2/c1-3-11(2)8-7-9(10)5-4-6-9/h3-8,10H2,1-2H3. The van der Waals surface area contributed by atoms with Crippen molar-refractivity contribution in [3.63, 3.8) is 0 Å². The van der Waals surface area contributed by atoms with Crippen LogP contribution in [0.5, 0.6) is 0 Å². The Hall–Kier alpha value is -0.0800. The third-order valence-electron chi connectivity index (χ3n) is 2.88. The Morgan fingerprint density at radius 2 is 2.09 bits per heavy atom. The summed E-state index contributed by atoms with van der Waals surface area (Å²) in [5.41, 5.74) is 6.29. The Bertz CT molecular complexity index is 119. The maximum Gasteiger partial charge on any atom is 0.0166 e. The molecule has 0 amide bonds. The summed E-state index contributed by atoms with van der Waals surface area (Å²) in [7, 11) is 2.15. The van der Waals surface area contributed by atoms with Crippen LogP contribution in [0.25, 0.3) is 0 Å². The molecule has 0 bridgehead atoms. The molecule has 2 nitrogen and oxygen atoms in total. The van der Waals surface area contributed by atoms with Gasteiger partial charge < -0.3 is 10.6 Å². The van der Waals surface area contributed by atoms with Gasteiger partial charge in [0.1, 0.15) is 0 Å². The number of nitrogens with two attached hydrogens (primary N) is 1. The van der Waals surface area contributed by atoms with E-state index in [1.165, 1.54) is 25.7 Å². The summed E-state index contributed by atoms with van der Waals surface area (Å²) in [6, 6.07) is 0. The summed E-state index contributed by atoms with van der Waals surface area (Å²) in [6.45, 7) is 4.48. The van der Waals surface area contributed by atoms with Crippen molar-refractivity contribution < 1.29 is 0 Å². The molecule has 0 aromatic rings. The van der Waals surface area contributed by atoms with E-state index >= 15 is 0 Å². The lowest BCUT2D eigenvalue weighted by atomic mass is 9.75. The van der Waals surface area contributed by atoms with Crippen molar-refractivity contribution in [3.8, 4) is 0 Å². The molecule has 1 rings (SSSR count). The minimum absolute atomic E-state index is 0.212. The zero-order valence-corrected chi connectivity index (χ0v) is 7.77. The fourth-order valence-electron chi connectivity index (χ4n) is 1.45. The van der Waals surface area contributed by atoms with Gasteiger partial charge in [0, 0.05) is 5.54 Å². The molecule has 11 heavy (non-hydrogen) atoms. The third kappa shape index (κ3) is 2.46. The van der Waals surface area contributed by atoms with Gasteiger partial charge in [-0.2, -0.15) is 0 Å². The zero-order chi connectivity index (χ0) is 8.32. The number of rotatable bonds is 4. The van der Waals surface area contributed by atoms with Crippen molar-refractivity contribution in [2.75, 3.05) is 20.1 Å². The van der Waals surface area contributed by atoms with Crippen LogP contribution in [0.3, 0.4) is 0 Å². The van der Waals surface area contributed by atoms with E-state index in [9.17, 15) is 0 Å². The Morgan fingerprint density at radius 1 is 1.45 bits per heavy atom. The Morgan fingerprint density at radius 3 is 2.45 bits per heavy atom. The quantitative estimate of drug-likeness (QED) is 0.663. The molecule has 0 saturated heterocycles. The molecule has 1 aliphatic rings. The van der Waals surface area contributed by atoms with Gasteiger partial charge in [-0.3, -0.25) is 0 Å². The summed E-state index contributed by atoms with van der Waals surface area (Å²) in [5.74, 6) is 0. The fourth-order valence-corrected chi connectivity index (χ4v) is 1.45. The molecule has 1 saturated carbocycles. The van der Waals surface area contributed by atoms with Crippen LogP contribution in [0.2, 0.25) is 0 Å². The predicted octanol–water partition coefficient (Wildman–Crippen LogP) is 1.21. The second-order valence-electron chi connectivity index (χ2n) is 3.86. The van der Waals surface area contributed by atoms with Gasteiger partial charge in [-0.15, -0.1) is 0 Å². The highest BCUT2D eigenvalue weighted by Gasteiger charge is 2.31. The lowest BCUT2D eigenvalue weighted by Crippen LogP contribution is -2.48. The van der Waals surface area contributed by atoms with E-state index in [1.807, 2.05) is 0 Å². The molecule has 0 radical (unpaired) electrons. The van der Waals surface area contributed by atoms with Gasteiger partial charge in [0.15, 0.2) is 0 Å². The average Bonchev–Trinajstić information content (AvgIpc) is 1.96. The van der Waals surface area contributed by atoms with Crippen LogP contribution in [0, 0.1) is 0 Å². The van der Waals surface area contributed by atoms with Crippen LogP contribution in [0.1, 0.15) is 32.6 Å². The van der Waals surface area contributed by atoms with Crippen LogP contribution >= 0.6 is 0 Å².